The summed E-state index contributed by atoms with van der Waals surface area (Å²) >= 11 is 1.37. The third-order valence-electron chi connectivity index (χ3n) is 2.94. The van der Waals surface area contributed by atoms with Gasteiger partial charge in [0.15, 0.2) is 0 Å². The molecule has 1 aromatic heterocycles. The first-order valence-corrected chi connectivity index (χ1v) is 7.75. The molecule has 6 heteroatoms. The van der Waals surface area contributed by atoms with Crippen molar-refractivity contribution < 1.29 is 19.4 Å². The lowest BCUT2D eigenvalue weighted by molar-refractivity contribution is 0.0692. The fourth-order valence-corrected chi connectivity index (χ4v) is 2.86. The zero-order chi connectivity index (χ0) is 15.9. The molecule has 2 aromatic rings. The largest absolute Gasteiger partial charge is 0.497 e. The molecule has 0 spiro atoms. The van der Waals surface area contributed by atoms with Crippen LogP contribution in [0.3, 0.4) is 0 Å². The zero-order valence-electron chi connectivity index (χ0n) is 12.4. The van der Waals surface area contributed by atoms with E-state index in [1.807, 2.05) is 25.1 Å². The van der Waals surface area contributed by atoms with E-state index in [9.17, 15) is 9.90 Å². The minimum Gasteiger partial charge on any atom is -0.497 e. The molecule has 0 atom stereocenters. The van der Waals surface area contributed by atoms with Crippen LogP contribution < -0.4 is 9.47 Å². The third-order valence-corrected chi connectivity index (χ3v) is 3.99. The van der Waals surface area contributed by atoms with Gasteiger partial charge in [-0.3, -0.25) is 0 Å². The van der Waals surface area contributed by atoms with Crippen molar-refractivity contribution in [2.45, 2.75) is 17.7 Å². The quantitative estimate of drug-likeness (QED) is 0.788. The van der Waals surface area contributed by atoms with Gasteiger partial charge in [0, 0.05) is 23.6 Å². The Balaban J connectivity index is 2.19. The van der Waals surface area contributed by atoms with Crippen molar-refractivity contribution in [2.24, 2.45) is 0 Å². The van der Waals surface area contributed by atoms with E-state index in [2.05, 4.69) is 4.98 Å². The van der Waals surface area contributed by atoms with E-state index in [4.69, 9.17) is 9.47 Å². The van der Waals surface area contributed by atoms with Gasteiger partial charge in [0.25, 0.3) is 0 Å². The molecular formula is C16H17NO4S. The van der Waals surface area contributed by atoms with Crippen molar-refractivity contribution in [1.82, 2.24) is 4.98 Å². The Morgan fingerprint density at radius 1 is 1.36 bits per heavy atom. The van der Waals surface area contributed by atoms with Crippen molar-refractivity contribution in [3.05, 3.63) is 47.7 Å². The number of benzene rings is 1. The molecule has 0 aliphatic rings. The molecule has 0 aliphatic carbocycles. The normalized spacial score (nSPS) is 10.3. The molecular weight excluding hydrogens is 302 g/mol. The lowest BCUT2D eigenvalue weighted by Crippen LogP contribution is -2.01. The average molecular weight is 319 g/mol. The highest BCUT2D eigenvalue weighted by Crippen LogP contribution is 2.31. The molecule has 0 aliphatic heterocycles. The minimum atomic E-state index is -0.977. The molecule has 0 saturated carbocycles. The van der Waals surface area contributed by atoms with Gasteiger partial charge < -0.3 is 14.6 Å². The number of pyridine rings is 1. The number of hydrogen-bond acceptors (Lipinski definition) is 5. The molecule has 0 unspecified atom stereocenters. The maximum Gasteiger partial charge on any atom is 0.338 e. The summed E-state index contributed by atoms with van der Waals surface area (Å²) < 4.78 is 10.8. The first kappa shape index (κ1) is 16.2. The van der Waals surface area contributed by atoms with Gasteiger partial charge >= 0.3 is 5.97 Å². The van der Waals surface area contributed by atoms with Crippen LogP contribution in [-0.4, -0.2) is 29.8 Å². The maximum atomic E-state index is 11.2. The second-order valence-corrected chi connectivity index (χ2v) is 5.32. The van der Waals surface area contributed by atoms with Crippen molar-refractivity contribution in [2.75, 3.05) is 13.7 Å². The topological polar surface area (TPSA) is 68.7 Å². The summed E-state index contributed by atoms with van der Waals surface area (Å²) in [5.74, 6) is 1.05. The van der Waals surface area contributed by atoms with Gasteiger partial charge in [-0.15, -0.1) is 11.8 Å². The molecule has 22 heavy (non-hydrogen) atoms. The summed E-state index contributed by atoms with van der Waals surface area (Å²) in [5.41, 5.74) is 1.17. The number of hydrogen-bond donors (Lipinski definition) is 1. The summed E-state index contributed by atoms with van der Waals surface area (Å²) in [4.78, 5) is 15.3. The van der Waals surface area contributed by atoms with Crippen LogP contribution in [0.1, 0.15) is 22.8 Å². The van der Waals surface area contributed by atoms with Gasteiger partial charge in [-0.05, 0) is 25.1 Å². The monoisotopic (exact) mass is 319 g/mol. The standard InChI is InChI=1S/C16H17NO4S/c1-3-21-14-9-12(20-2)7-6-11(14)10-22-15-13(16(18)19)5-4-8-17-15/h4-9H,3,10H2,1-2H3,(H,18,19). The SMILES string of the molecule is CCOc1cc(OC)ccc1CSc1ncccc1C(=O)O. The molecule has 0 bridgehead atoms. The lowest BCUT2D eigenvalue weighted by Gasteiger charge is -2.12. The second-order valence-electron chi connectivity index (χ2n) is 4.36. The zero-order valence-corrected chi connectivity index (χ0v) is 13.2. The van der Waals surface area contributed by atoms with Gasteiger partial charge in [-0.2, -0.15) is 0 Å². The summed E-state index contributed by atoms with van der Waals surface area (Å²) in [6.07, 6.45) is 1.59. The fraction of sp³-hybridized carbons (Fsp3) is 0.250. The second kappa shape index (κ2) is 7.70. The number of methoxy groups -OCH3 is 1. The van der Waals surface area contributed by atoms with Crippen LogP contribution in [0.2, 0.25) is 0 Å². The molecule has 2 rings (SSSR count). The Morgan fingerprint density at radius 2 is 2.18 bits per heavy atom. The molecule has 0 fully saturated rings. The lowest BCUT2D eigenvalue weighted by atomic mass is 10.2. The molecule has 5 nitrogen and oxygen atoms in total. The van der Waals surface area contributed by atoms with Crippen LogP contribution in [0.25, 0.3) is 0 Å². The van der Waals surface area contributed by atoms with Gasteiger partial charge in [0.2, 0.25) is 0 Å². The third kappa shape index (κ3) is 3.92. The number of nitrogens with zero attached hydrogens (tertiary/aromatic N) is 1. The highest BCUT2D eigenvalue weighted by atomic mass is 32.2. The van der Waals surface area contributed by atoms with Crippen LogP contribution in [-0.2, 0) is 5.75 Å². The Kier molecular flexibility index (Phi) is 5.66. The van der Waals surface area contributed by atoms with Crippen LogP contribution in [0, 0.1) is 0 Å². The predicted molar refractivity (Wildman–Crippen MR) is 84.9 cm³/mol. The van der Waals surface area contributed by atoms with Gasteiger partial charge in [-0.25, -0.2) is 9.78 Å². The molecule has 0 saturated heterocycles. The van der Waals surface area contributed by atoms with E-state index in [0.717, 1.165) is 17.1 Å². The average Bonchev–Trinajstić information content (AvgIpc) is 2.54. The molecule has 1 heterocycles. The van der Waals surface area contributed by atoms with Crippen LogP contribution in [0.5, 0.6) is 11.5 Å². The number of carbonyl (C=O) groups is 1. The number of rotatable bonds is 7. The molecule has 1 N–H and O–H groups in total. The molecule has 116 valence electrons. The van der Waals surface area contributed by atoms with E-state index in [0.29, 0.717) is 17.4 Å². The van der Waals surface area contributed by atoms with E-state index in [-0.39, 0.29) is 5.56 Å². The summed E-state index contributed by atoms with van der Waals surface area (Å²) in [5, 5.41) is 9.67. The number of carboxylic acids is 1. The number of ether oxygens (including phenoxy) is 2. The Hall–Kier alpha value is -2.21. The van der Waals surface area contributed by atoms with Crippen molar-refractivity contribution in [1.29, 1.82) is 0 Å². The van der Waals surface area contributed by atoms with Crippen molar-refractivity contribution in [3.63, 3.8) is 0 Å². The molecule has 1 aromatic carbocycles. The summed E-state index contributed by atoms with van der Waals surface area (Å²) in [6.45, 7) is 2.46. The van der Waals surface area contributed by atoms with E-state index in [1.165, 1.54) is 11.8 Å². The Labute approximate surface area is 133 Å². The maximum absolute atomic E-state index is 11.2. The minimum absolute atomic E-state index is 0.207. The van der Waals surface area contributed by atoms with Crippen LogP contribution in [0.15, 0.2) is 41.6 Å². The van der Waals surface area contributed by atoms with Crippen LogP contribution in [0.4, 0.5) is 0 Å². The van der Waals surface area contributed by atoms with Gasteiger partial charge in [0.05, 0.1) is 19.3 Å². The van der Waals surface area contributed by atoms with E-state index < -0.39 is 5.97 Å². The summed E-state index contributed by atoms with van der Waals surface area (Å²) in [7, 11) is 1.60. The van der Waals surface area contributed by atoms with Gasteiger partial charge in [0.1, 0.15) is 16.5 Å². The smallest absolute Gasteiger partial charge is 0.338 e. The number of aromatic nitrogens is 1. The molecule has 0 amide bonds. The van der Waals surface area contributed by atoms with Gasteiger partial charge in [-0.1, -0.05) is 6.07 Å². The number of aromatic carboxylic acids is 1. The van der Waals surface area contributed by atoms with Crippen molar-refractivity contribution in [3.8, 4) is 11.5 Å². The fourth-order valence-electron chi connectivity index (χ4n) is 1.89. The summed E-state index contributed by atoms with van der Waals surface area (Å²) in [6, 6.07) is 8.77. The first-order chi connectivity index (χ1) is 10.7. The van der Waals surface area contributed by atoms with Crippen LogP contribution >= 0.6 is 11.8 Å². The van der Waals surface area contributed by atoms with E-state index >= 15 is 0 Å². The number of thioether (sulfide) groups is 1. The molecule has 0 radical (unpaired) electrons. The highest BCUT2D eigenvalue weighted by molar-refractivity contribution is 7.98. The number of carboxylic acid groups (broad SMARTS) is 1. The van der Waals surface area contributed by atoms with Crippen molar-refractivity contribution >= 4 is 17.7 Å². The first-order valence-electron chi connectivity index (χ1n) is 6.76. The Morgan fingerprint density at radius 3 is 2.86 bits per heavy atom. The van der Waals surface area contributed by atoms with E-state index in [1.54, 1.807) is 25.4 Å². The Bertz CT molecular complexity index is 660. The predicted octanol–water partition coefficient (Wildman–Crippen LogP) is 3.48. The highest BCUT2D eigenvalue weighted by Gasteiger charge is 2.13.